The lowest BCUT2D eigenvalue weighted by molar-refractivity contribution is -0.119. The second-order valence-electron chi connectivity index (χ2n) is 5.77. The van der Waals surface area contributed by atoms with Gasteiger partial charge in [0.1, 0.15) is 5.75 Å². The number of aryl methyl sites for hydroxylation is 1. The minimum absolute atomic E-state index is 0.0850. The van der Waals surface area contributed by atoms with Crippen molar-refractivity contribution in [2.24, 2.45) is 0 Å². The summed E-state index contributed by atoms with van der Waals surface area (Å²) in [5.74, 6) is 0.486. The van der Waals surface area contributed by atoms with E-state index in [0.717, 1.165) is 11.3 Å². The maximum atomic E-state index is 12.1. The van der Waals surface area contributed by atoms with Gasteiger partial charge in [0.05, 0.1) is 0 Å². The molecule has 0 radical (unpaired) electrons. The summed E-state index contributed by atoms with van der Waals surface area (Å²) >= 11 is 5.81. The van der Waals surface area contributed by atoms with Crippen molar-refractivity contribution in [2.75, 3.05) is 23.4 Å². The van der Waals surface area contributed by atoms with Crippen LogP contribution in [0.1, 0.15) is 18.9 Å². The molecule has 0 unspecified atom stereocenters. The molecular formula is C19H19ClN2O3. The molecule has 1 N–H and O–H groups in total. The van der Waals surface area contributed by atoms with E-state index in [0.29, 0.717) is 35.8 Å². The highest BCUT2D eigenvalue weighted by Crippen LogP contribution is 2.30. The summed E-state index contributed by atoms with van der Waals surface area (Å²) in [6, 6.07) is 12.4. The lowest BCUT2D eigenvalue weighted by Gasteiger charge is -2.28. The van der Waals surface area contributed by atoms with Gasteiger partial charge in [-0.05, 0) is 61.4 Å². The summed E-state index contributed by atoms with van der Waals surface area (Å²) < 4.78 is 5.43. The molecule has 0 atom stereocenters. The van der Waals surface area contributed by atoms with Gasteiger partial charge < -0.3 is 15.0 Å². The maximum Gasteiger partial charge on any atom is 0.262 e. The quantitative estimate of drug-likeness (QED) is 0.887. The van der Waals surface area contributed by atoms with Crippen molar-refractivity contribution in [3.8, 4) is 5.75 Å². The molecular weight excluding hydrogens is 340 g/mol. The fourth-order valence-electron chi connectivity index (χ4n) is 2.86. The van der Waals surface area contributed by atoms with Gasteiger partial charge in [-0.2, -0.15) is 0 Å². The van der Waals surface area contributed by atoms with Crippen LogP contribution in [0.5, 0.6) is 5.75 Å². The van der Waals surface area contributed by atoms with Crippen molar-refractivity contribution in [2.45, 2.75) is 19.8 Å². The highest BCUT2D eigenvalue weighted by atomic mass is 35.5. The Bertz CT molecular complexity index is 790. The molecule has 5 nitrogen and oxygen atoms in total. The second-order valence-corrected chi connectivity index (χ2v) is 6.21. The summed E-state index contributed by atoms with van der Waals surface area (Å²) in [6.45, 7) is 2.52. The lowest BCUT2D eigenvalue weighted by Crippen LogP contribution is -2.34. The van der Waals surface area contributed by atoms with Gasteiger partial charge in [-0.3, -0.25) is 9.59 Å². The van der Waals surface area contributed by atoms with E-state index >= 15 is 0 Å². The van der Waals surface area contributed by atoms with Crippen LogP contribution in [0.15, 0.2) is 42.5 Å². The zero-order valence-electron chi connectivity index (χ0n) is 13.9. The van der Waals surface area contributed by atoms with Gasteiger partial charge in [0.25, 0.3) is 5.91 Å². The Morgan fingerprint density at radius 2 is 1.96 bits per heavy atom. The number of benzene rings is 2. The molecule has 1 aliphatic rings. The van der Waals surface area contributed by atoms with Gasteiger partial charge in [-0.25, -0.2) is 0 Å². The molecule has 6 heteroatoms. The number of nitrogens with one attached hydrogen (secondary N) is 1. The summed E-state index contributed by atoms with van der Waals surface area (Å²) in [4.78, 5) is 25.8. The molecule has 2 amide bonds. The molecule has 0 fully saturated rings. The summed E-state index contributed by atoms with van der Waals surface area (Å²) in [5.41, 5.74) is 2.70. The van der Waals surface area contributed by atoms with Gasteiger partial charge in [-0.15, -0.1) is 0 Å². The molecule has 0 aliphatic carbocycles. The van der Waals surface area contributed by atoms with Crippen molar-refractivity contribution < 1.29 is 14.3 Å². The normalized spacial score (nSPS) is 13.4. The van der Waals surface area contributed by atoms with Gasteiger partial charge >= 0.3 is 0 Å². The van der Waals surface area contributed by atoms with Gasteiger partial charge in [0, 0.05) is 29.4 Å². The topological polar surface area (TPSA) is 58.6 Å². The molecule has 0 saturated carbocycles. The van der Waals surface area contributed by atoms with E-state index in [4.69, 9.17) is 16.3 Å². The Kier molecular flexibility index (Phi) is 5.24. The molecule has 0 bridgehead atoms. The highest BCUT2D eigenvalue weighted by Gasteiger charge is 2.22. The number of nitrogens with zero attached hydrogens (tertiary/aromatic N) is 1. The first-order valence-electron chi connectivity index (χ1n) is 8.18. The second kappa shape index (κ2) is 7.57. The zero-order chi connectivity index (χ0) is 17.8. The van der Waals surface area contributed by atoms with Crippen LogP contribution in [-0.2, 0) is 16.0 Å². The number of ether oxygens (including phenoxy) is 1. The van der Waals surface area contributed by atoms with Crippen LogP contribution in [0.4, 0.5) is 11.4 Å². The fourth-order valence-corrected chi connectivity index (χ4v) is 2.99. The largest absolute Gasteiger partial charge is 0.484 e. The lowest BCUT2D eigenvalue weighted by atomic mass is 10.0. The molecule has 0 saturated heterocycles. The molecule has 1 aliphatic heterocycles. The van der Waals surface area contributed by atoms with Crippen LogP contribution < -0.4 is 15.0 Å². The van der Waals surface area contributed by atoms with E-state index in [1.807, 2.05) is 19.1 Å². The molecule has 2 aromatic rings. The van der Waals surface area contributed by atoms with Crippen LogP contribution in [0.2, 0.25) is 5.02 Å². The minimum Gasteiger partial charge on any atom is -0.484 e. The van der Waals surface area contributed by atoms with Crippen molar-refractivity contribution in [1.82, 2.24) is 0 Å². The van der Waals surface area contributed by atoms with E-state index < -0.39 is 0 Å². The Labute approximate surface area is 151 Å². The highest BCUT2D eigenvalue weighted by molar-refractivity contribution is 6.30. The van der Waals surface area contributed by atoms with Crippen LogP contribution in [0.3, 0.4) is 0 Å². The van der Waals surface area contributed by atoms with Gasteiger partial charge in [0.15, 0.2) is 6.61 Å². The summed E-state index contributed by atoms with van der Waals surface area (Å²) in [7, 11) is 0. The Balaban J connectivity index is 1.62. The molecule has 130 valence electrons. The number of fused-ring (bicyclic) bond motifs is 1. The zero-order valence-corrected chi connectivity index (χ0v) is 14.7. The number of hydrogen-bond donors (Lipinski definition) is 1. The molecule has 1 heterocycles. The number of halogens is 1. The summed E-state index contributed by atoms with van der Waals surface area (Å²) in [5, 5.41) is 3.44. The third-order valence-electron chi connectivity index (χ3n) is 4.06. The van der Waals surface area contributed by atoms with E-state index in [1.165, 1.54) is 0 Å². The number of carbonyl (C=O) groups excluding carboxylic acids is 2. The van der Waals surface area contributed by atoms with E-state index in [-0.39, 0.29) is 18.4 Å². The first-order chi connectivity index (χ1) is 12.1. The third kappa shape index (κ3) is 4.12. The number of anilines is 2. The van der Waals surface area contributed by atoms with Crippen LogP contribution in [-0.4, -0.2) is 25.0 Å². The smallest absolute Gasteiger partial charge is 0.262 e. The number of rotatable bonds is 5. The SMILES string of the molecule is CCN1C(=O)CCc2cc(NC(=O)COc3ccc(Cl)cc3)ccc21. The Morgan fingerprint density at radius 3 is 2.68 bits per heavy atom. The van der Waals surface area contributed by atoms with Crippen LogP contribution in [0, 0.1) is 0 Å². The molecule has 0 aromatic heterocycles. The van der Waals surface area contributed by atoms with Crippen LogP contribution >= 0.6 is 11.6 Å². The molecule has 0 spiro atoms. The van der Waals surface area contributed by atoms with Crippen molar-refractivity contribution in [1.29, 1.82) is 0 Å². The van der Waals surface area contributed by atoms with E-state index in [2.05, 4.69) is 5.32 Å². The molecule has 2 aromatic carbocycles. The van der Waals surface area contributed by atoms with Crippen molar-refractivity contribution in [3.05, 3.63) is 53.1 Å². The van der Waals surface area contributed by atoms with E-state index in [9.17, 15) is 9.59 Å². The Morgan fingerprint density at radius 1 is 1.20 bits per heavy atom. The third-order valence-corrected chi connectivity index (χ3v) is 4.32. The average molecular weight is 359 g/mol. The van der Waals surface area contributed by atoms with Crippen molar-refractivity contribution >= 4 is 34.8 Å². The average Bonchev–Trinajstić information content (AvgIpc) is 2.61. The van der Waals surface area contributed by atoms with Crippen LogP contribution in [0.25, 0.3) is 0 Å². The first kappa shape index (κ1) is 17.3. The predicted molar refractivity (Wildman–Crippen MR) is 98.4 cm³/mol. The fraction of sp³-hybridized carbons (Fsp3) is 0.263. The number of amides is 2. The number of hydrogen-bond acceptors (Lipinski definition) is 3. The van der Waals surface area contributed by atoms with Crippen molar-refractivity contribution in [3.63, 3.8) is 0 Å². The number of carbonyl (C=O) groups is 2. The predicted octanol–water partition coefficient (Wildman–Crippen LogP) is 3.66. The van der Waals surface area contributed by atoms with Gasteiger partial charge in [0.2, 0.25) is 5.91 Å². The summed E-state index contributed by atoms with van der Waals surface area (Å²) in [6.07, 6.45) is 1.19. The van der Waals surface area contributed by atoms with Gasteiger partial charge in [-0.1, -0.05) is 11.6 Å². The maximum absolute atomic E-state index is 12.1. The van der Waals surface area contributed by atoms with E-state index in [1.54, 1.807) is 35.2 Å². The molecule has 3 rings (SSSR count). The standard InChI is InChI=1S/C19H19ClN2O3/c1-2-22-17-9-6-15(11-13(17)3-10-19(22)24)21-18(23)12-25-16-7-4-14(20)5-8-16/h4-9,11H,2-3,10,12H2,1H3,(H,21,23). The first-order valence-corrected chi connectivity index (χ1v) is 8.56. The molecule has 25 heavy (non-hydrogen) atoms. The minimum atomic E-state index is -0.242. The Hall–Kier alpha value is -2.53. The monoisotopic (exact) mass is 358 g/mol.